The molecule has 63 heavy (non-hydrogen) atoms. The third-order valence-electron chi connectivity index (χ3n) is 14.7. The molecule has 0 fully saturated rings. The summed E-state index contributed by atoms with van der Waals surface area (Å²) in [5.74, 6) is 0. The van der Waals surface area contributed by atoms with Gasteiger partial charge in [0.2, 0.25) is 0 Å². The smallest absolute Gasteiger partial charge is 0.0318 e. The topological polar surface area (TPSA) is 0 Å². The molecule has 1 aliphatic carbocycles. The van der Waals surface area contributed by atoms with Crippen molar-refractivity contribution in [3.05, 3.63) is 205 Å². The molecular formula is C63H50. The summed E-state index contributed by atoms with van der Waals surface area (Å²) in [5, 5.41) is 15.6. The average molecular weight is 807 g/mol. The van der Waals surface area contributed by atoms with Crippen molar-refractivity contribution in [2.24, 2.45) is 10.8 Å². The number of hydrogen-bond acceptors (Lipinski definition) is 0. The van der Waals surface area contributed by atoms with Gasteiger partial charge in [-0.1, -0.05) is 217 Å². The molecule has 0 bridgehead atoms. The van der Waals surface area contributed by atoms with Gasteiger partial charge in [0, 0.05) is 5.41 Å². The van der Waals surface area contributed by atoms with Gasteiger partial charge in [-0.05, 0) is 149 Å². The second kappa shape index (κ2) is 13.5. The van der Waals surface area contributed by atoms with E-state index >= 15 is 0 Å². The highest BCUT2D eigenvalue weighted by Crippen LogP contribution is 2.67. The Balaban J connectivity index is 1.09. The van der Waals surface area contributed by atoms with Crippen LogP contribution in [0.1, 0.15) is 52.7 Å². The maximum absolute atomic E-state index is 2.59. The number of benzene rings is 11. The third-order valence-corrected chi connectivity index (χ3v) is 14.7. The SMILES string of the molecule is CC(C)(C)C1(C(C)(C)C)c2cc3cc(-c4c5ccccc5c(-c5ccc(-c6cccc7ccccc67)cc5)c5ccccc45)ccc3cc2-c2c1c1ccccc1c1ccccc21. The van der Waals surface area contributed by atoms with Crippen LogP contribution in [-0.2, 0) is 5.41 Å². The summed E-state index contributed by atoms with van der Waals surface area (Å²) in [7, 11) is 0. The molecule has 11 aromatic carbocycles. The van der Waals surface area contributed by atoms with Gasteiger partial charge in [0.25, 0.3) is 0 Å². The molecule has 0 saturated heterocycles. The van der Waals surface area contributed by atoms with Crippen molar-refractivity contribution in [2.45, 2.75) is 47.0 Å². The van der Waals surface area contributed by atoms with E-state index in [-0.39, 0.29) is 16.2 Å². The van der Waals surface area contributed by atoms with E-state index in [9.17, 15) is 0 Å². The van der Waals surface area contributed by atoms with Crippen molar-refractivity contribution in [2.75, 3.05) is 0 Å². The molecule has 1 aliphatic rings. The Morgan fingerprint density at radius 2 is 0.730 bits per heavy atom. The van der Waals surface area contributed by atoms with Gasteiger partial charge < -0.3 is 0 Å². The fourth-order valence-electron chi connectivity index (χ4n) is 12.6. The van der Waals surface area contributed by atoms with Gasteiger partial charge in [0.15, 0.2) is 0 Å². The van der Waals surface area contributed by atoms with Gasteiger partial charge in [-0.25, -0.2) is 0 Å². The highest BCUT2D eigenvalue weighted by Gasteiger charge is 2.58. The van der Waals surface area contributed by atoms with E-state index in [1.165, 1.54) is 120 Å². The van der Waals surface area contributed by atoms with Crippen LogP contribution in [-0.4, -0.2) is 0 Å². The molecule has 0 N–H and O–H groups in total. The predicted molar refractivity (Wildman–Crippen MR) is 273 cm³/mol. The van der Waals surface area contributed by atoms with Crippen LogP contribution in [0.25, 0.3) is 109 Å². The number of fused-ring (bicyclic) bond motifs is 12. The van der Waals surface area contributed by atoms with Crippen LogP contribution in [0, 0.1) is 10.8 Å². The quantitative estimate of drug-likeness (QED) is 0.123. The van der Waals surface area contributed by atoms with Crippen LogP contribution in [0.2, 0.25) is 0 Å². The van der Waals surface area contributed by atoms with Crippen molar-refractivity contribution >= 4 is 64.6 Å². The lowest BCUT2D eigenvalue weighted by molar-refractivity contribution is 0.0965. The highest BCUT2D eigenvalue weighted by atomic mass is 14.6. The van der Waals surface area contributed by atoms with Crippen LogP contribution in [0.5, 0.6) is 0 Å². The van der Waals surface area contributed by atoms with Crippen LogP contribution in [0.3, 0.4) is 0 Å². The van der Waals surface area contributed by atoms with Crippen LogP contribution >= 0.6 is 0 Å². The molecule has 0 aromatic heterocycles. The lowest BCUT2D eigenvalue weighted by Crippen LogP contribution is -2.50. The van der Waals surface area contributed by atoms with Gasteiger partial charge in [0.1, 0.15) is 0 Å². The highest BCUT2D eigenvalue weighted by molar-refractivity contribution is 6.23. The first-order valence-corrected chi connectivity index (χ1v) is 22.6. The normalized spacial score (nSPS) is 13.7. The molecule has 12 rings (SSSR count). The van der Waals surface area contributed by atoms with Crippen molar-refractivity contribution < 1.29 is 0 Å². The number of rotatable bonds is 3. The van der Waals surface area contributed by atoms with E-state index in [4.69, 9.17) is 0 Å². The molecule has 0 amide bonds. The molecule has 0 atom stereocenters. The summed E-state index contributed by atoms with van der Waals surface area (Å²) in [6.45, 7) is 14.8. The van der Waals surface area contributed by atoms with Crippen LogP contribution < -0.4 is 0 Å². The Bertz CT molecular complexity index is 3600. The van der Waals surface area contributed by atoms with E-state index in [0.717, 1.165) is 0 Å². The van der Waals surface area contributed by atoms with E-state index < -0.39 is 0 Å². The maximum atomic E-state index is 2.59. The first-order valence-electron chi connectivity index (χ1n) is 22.6. The largest absolute Gasteiger partial charge is 0.0616 e. The Morgan fingerprint density at radius 3 is 1.32 bits per heavy atom. The van der Waals surface area contributed by atoms with E-state index in [2.05, 4.69) is 236 Å². The van der Waals surface area contributed by atoms with E-state index in [0.29, 0.717) is 0 Å². The minimum atomic E-state index is -0.275. The first kappa shape index (κ1) is 37.7. The molecule has 0 saturated carbocycles. The van der Waals surface area contributed by atoms with E-state index in [1.807, 2.05) is 0 Å². The van der Waals surface area contributed by atoms with E-state index in [1.54, 1.807) is 0 Å². The maximum Gasteiger partial charge on any atom is 0.0318 e. The van der Waals surface area contributed by atoms with Crippen molar-refractivity contribution in [1.29, 1.82) is 0 Å². The Hall–Kier alpha value is -7.02. The summed E-state index contributed by atoms with van der Waals surface area (Å²) in [6, 6.07) is 73.2. The molecule has 0 radical (unpaired) electrons. The third kappa shape index (κ3) is 5.28. The Morgan fingerprint density at radius 1 is 0.286 bits per heavy atom. The zero-order valence-electron chi connectivity index (χ0n) is 37.0. The van der Waals surface area contributed by atoms with Crippen LogP contribution in [0.15, 0.2) is 194 Å². The fraction of sp³-hybridized carbons (Fsp3) is 0.143. The van der Waals surface area contributed by atoms with Crippen molar-refractivity contribution in [1.82, 2.24) is 0 Å². The second-order valence-electron chi connectivity index (χ2n) is 20.0. The van der Waals surface area contributed by atoms with Gasteiger partial charge >= 0.3 is 0 Å². The lowest BCUT2D eigenvalue weighted by Gasteiger charge is -2.53. The Labute approximate surface area is 370 Å². The zero-order valence-corrected chi connectivity index (χ0v) is 37.0. The summed E-state index contributed by atoms with van der Waals surface area (Å²) >= 11 is 0. The molecular weight excluding hydrogens is 757 g/mol. The monoisotopic (exact) mass is 806 g/mol. The molecule has 0 nitrogen and oxygen atoms in total. The summed E-state index contributed by atoms with van der Waals surface area (Å²) < 4.78 is 0. The zero-order chi connectivity index (χ0) is 42.8. The standard InChI is InChI=1S/C63H50/c1-61(2,3)63(62(4,5)6)56-38-44-36-43(35-34-42(44)37-55(56)59-49-23-11-9-21-47(49)48-22-10-16-28-54(48)60(59)63)58-52-26-14-12-24-50(52)57(51-25-13-15-27-53(51)58)41-32-30-40(31-33-41)46-29-17-19-39-18-7-8-20-45(39)46/h7-38H,1-6H3. The summed E-state index contributed by atoms with van der Waals surface area (Å²) in [4.78, 5) is 0. The molecule has 0 spiro atoms. The molecule has 0 aliphatic heterocycles. The number of hydrogen-bond donors (Lipinski definition) is 0. The predicted octanol–water partition coefficient (Wildman–Crippen LogP) is 18.0. The molecule has 0 heteroatoms. The lowest BCUT2D eigenvalue weighted by atomic mass is 9.49. The summed E-state index contributed by atoms with van der Waals surface area (Å²) in [5.41, 5.74) is 12.8. The van der Waals surface area contributed by atoms with Crippen LogP contribution in [0.4, 0.5) is 0 Å². The average Bonchev–Trinajstić information content (AvgIpc) is 3.62. The van der Waals surface area contributed by atoms with Gasteiger partial charge in [0.05, 0.1) is 0 Å². The first-order chi connectivity index (χ1) is 30.5. The minimum absolute atomic E-state index is 0.100. The molecule has 11 aromatic rings. The van der Waals surface area contributed by atoms with Gasteiger partial charge in [-0.2, -0.15) is 0 Å². The van der Waals surface area contributed by atoms with Gasteiger partial charge in [-0.15, -0.1) is 0 Å². The molecule has 0 heterocycles. The van der Waals surface area contributed by atoms with Crippen molar-refractivity contribution in [3.8, 4) is 44.5 Å². The minimum Gasteiger partial charge on any atom is -0.0616 e. The molecule has 0 unspecified atom stereocenters. The van der Waals surface area contributed by atoms with Crippen molar-refractivity contribution in [3.63, 3.8) is 0 Å². The second-order valence-corrected chi connectivity index (χ2v) is 20.0. The molecule has 302 valence electrons. The summed E-state index contributed by atoms with van der Waals surface area (Å²) in [6.07, 6.45) is 0. The Kier molecular flexibility index (Phi) is 8.08. The van der Waals surface area contributed by atoms with Gasteiger partial charge in [-0.3, -0.25) is 0 Å². The fourth-order valence-corrected chi connectivity index (χ4v) is 12.6.